The molecule has 7 heteroatoms. The van der Waals surface area contributed by atoms with Crippen LogP contribution in [0.3, 0.4) is 0 Å². The van der Waals surface area contributed by atoms with Gasteiger partial charge in [-0.2, -0.15) is 0 Å². The lowest BCUT2D eigenvalue weighted by molar-refractivity contribution is 0.0623. The van der Waals surface area contributed by atoms with E-state index in [1.807, 2.05) is 30.3 Å². The SMILES string of the molecule is Cc1cc(C(=O)N2Cc3cccn3[C@H](CCOc3ccccn3)C2)on1. The lowest BCUT2D eigenvalue weighted by Gasteiger charge is -2.34. The number of pyridine rings is 1. The minimum atomic E-state index is -0.131. The van der Waals surface area contributed by atoms with Crippen molar-refractivity contribution in [3.8, 4) is 5.88 Å². The molecule has 0 aromatic carbocycles. The molecule has 1 amide bonds. The first-order valence-corrected chi connectivity index (χ1v) is 8.63. The second kappa shape index (κ2) is 7.03. The molecular weight excluding hydrogens is 332 g/mol. The smallest absolute Gasteiger partial charge is 0.292 e. The van der Waals surface area contributed by atoms with Crippen molar-refractivity contribution in [1.29, 1.82) is 0 Å². The maximum Gasteiger partial charge on any atom is 0.292 e. The minimum Gasteiger partial charge on any atom is -0.478 e. The highest BCUT2D eigenvalue weighted by molar-refractivity contribution is 5.91. The van der Waals surface area contributed by atoms with Crippen molar-refractivity contribution in [3.63, 3.8) is 0 Å². The fourth-order valence-electron chi connectivity index (χ4n) is 3.26. The summed E-state index contributed by atoms with van der Waals surface area (Å²) in [5.41, 5.74) is 1.80. The number of aryl methyl sites for hydroxylation is 1. The lowest BCUT2D eigenvalue weighted by Crippen LogP contribution is -2.41. The maximum absolute atomic E-state index is 12.7. The van der Waals surface area contributed by atoms with Crippen molar-refractivity contribution in [2.24, 2.45) is 0 Å². The molecule has 26 heavy (non-hydrogen) atoms. The summed E-state index contributed by atoms with van der Waals surface area (Å²) in [6.07, 6.45) is 4.54. The molecule has 0 aliphatic carbocycles. The number of nitrogens with zero attached hydrogens (tertiary/aromatic N) is 4. The first-order chi connectivity index (χ1) is 12.7. The van der Waals surface area contributed by atoms with Gasteiger partial charge in [0, 0.05) is 43.2 Å². The molecule has 0 unspecified atom stereocenters. The van der Waals surface area contributed by atoms with Crippen LogP contribution in [0.4, 0.5) is 0 Å². The van der Waals surface area contributed by atoms with Crippen LogP contribution in [-0.4, -0.2) is 38.7 Å². The van der Waals surface area contributed by atoms with Gasteiger partial charge < -0.3 is 18.7 Å². The van der Waals surface area contributed by atoms with Gasteiger partial charge in [-0.25, -0.2) is 4.98 Å². The normalized spacial score (nSPS) is 16.3. The summed E-state index contributed by atoms with van der Waals surface area (Å²) in [6.45, 7) is 3.50. The number of ether oxygens (including phenoxy) is 1. The predicted molar refractivity (Wildman–Crippen MR) is 93.8 cm³/mol. The first kappa shape index (κ1) is 16.4. The largest absolute Gasteiger partial charge is 0.478 e. The topological polar surface area (TPSA) is 73.4 Å². The van der Waals surface area contributed by atoms with Crippen LogP contribution < -0.4 is 4.74 Å². The Bertz CT molecular complexity index is 887. The third-order valence-electron chi connectivity index (χ3n) is 4.51. The Balaban J connectivity index is 1.45. The number of hydrogen-bond donors (Lipinski definition) is 0. The molecule has 3 aromatic rings. The third kappa shape index (κ3) is 3.33. The van der Waals surface area contributed by atoms with Gasteiger partial charge in [0.25, 0.3) is 5.91 Å². The molecule has 0 spiro atoms. The van der Waals surface area contributed by atoms with E-state index in [0.717, 1.165) is 12.1 Å². The van der Waals surface area contributed by atoms with Crippen LogP contribution in [0.25, 0.3) is 0 Å². The van der Waals surface area contributed by atoms with Crippen LogP contribution >= 0.6 is 0 Å². The van der Waals surface area contributed by atoms with E-state index < -0.39 is 0 Å². The molecule has 1 aliphatic rings. The van der Waals surface area contributed by atoms with Crippen molar-refractivity contribution in [2.75, 3.05) is 13.2 Å². The highest BCUT2D eigenvalue weighted by Gasteiger charge is 2.29. The molecule has 0 fully saturated rings. The average molecular weight is 352 g/mol. The summed E-state index contributed by atoms with van der Waals surface area (Å²) in [4.78, 5) is 18.7. The summed E-state index contributed by atoms with van der Waals surface area (Å²) in [7, 11) is 0. The summed E-state index contributed by atoms with van der Waals surface area (Å²) in [5, 5.41) is 3.81. The van der Waals surface area contributed by atoms with Gasteiger partial charge in [0.2, 0.25) is 11.6 Å². The van der Waals surface area contributed by atoms with E-state index in [2.05, 4.69) is 20.9 Å². The highest BCUT2D eigenvalue weighted by atomic mass is 16.5. The Morgan fingerprint density at radius 3 is 3.04 bits per heavy atom. The molecule has 0 saturated carbocycles. The van der Waals surface area contributed by atoms with Gasteiger partial charge in [0.05, 0.1) is 24.9 Å². The molecule has 7 nitrogen and oxygen atoms in total. The maximum atomic E-state index is 12.7. The number of fused-ring (bicyclic) bond motifs is 1. The van der Waals surface area contributed by atoms with Crippen molar-refractivity contribution in [3.05, 3.63) is 65.9 Å². The Hall–Kier alpha value is -3.09. The van der Waals surface area contributed by atoms with Crippen molar-refractivity contribution in [1.82, 2.24) is 19.6 Å². The first-order valence-electron chi connectivity index (χ1n) is 8.63. The molecule has 4 rings (SSSR count). The second-order valence-corrected chi connectivity index (χ2v) is 6.38. The van der Waals surface area contributed by atoms with Crippen LogP contribution in [0, 0.1) is 6.92 Å². The van der Waals surface area contributed by atoms with E-state index in [0.29, 0.717) is 31.3 Å². The highest BCUT2D eigenvalue weighted by Crippen LogP contribution is 2.26. The van der Waals surface area contributed by atoms with Gasteiger partial charge in [-0.15, -0.1) is 0 Å². The summed E-state index contributed by atoms with van der Waals surface area (Å²) >= 11 is 0. The minimum absolute atomic E-state index is 0.131. The summed E-state index contributed by atoms with van der Waals surface area (Å²) in [6, 6.07) is 11.5. The van der Waals surface area contributed by atoms with Gasteiger partial charge in [0.1, 0.15) is 0 Å². The lowest BCUT2D eigenvalue weighted by atomic mass is 10.1. The standard InChI is InChI=1S/C19H20N4O3/c1-14-11-17(26-21-14)19(24)22-12-15-5-4-9-23(15)16(13-22)7-10-25-18-6-2-3-8-20-18/h2-6,8-9,11,16H,7,10,12-13H2,1H3/t16-/m1/s1. The fourth-order valence-corrected chi connectivity index (χ4v) is 3.26. The number of carbonyl (C=O) groups excluding carboxylic acids is 1. The average Bonchev–Trinajstić information content (AvgIpc) is 3.30. The molecule has 0 bridgehead atoms. The molecule has 4 heterocycles. The van der Waals surface area contributed by atoms with E-state index in [9.17, 15) is 4.79 Å². The molecule has 1 aliphatic heterocycles. The molecule has 3 aromatic heterocycles. The number of rotatable bonds is 5. The predicted octanol–water partition coefficient (Wildman–Crippen LogP) is 2.85. The molecule has 134 valence electrons. The zero-order chi connectivity index (χ0) is 17.9. The van der Waals surface area contributed by atoms with Crippen LogP contribution in [0.15, 0.2) is 53.3 Å². The Kier molecular flexibility index (Phi) is 4.43. The van der Waals surface area contributed by atoms with E-state index in [-0.39, 0.29) is 17.7 Å². The number of amides is 1. The van der Waals surface area contributed by atoms with E-state index in [1.54, 1.807) is 24.1 Å². The van der Waals surface area contributed by atoms with Gasteiger partial charge in [-0.1, -0.05) is 11.2 Å². The Morgan fingerprint density at radius 1 is 1.35 bits per heavy atom. The van der Waals surface area contributed by atoms with Gasteiger partial charge in [-0.05, 0) is 25.1 Å². The van der Waals surface area contributed by atoms with E-state index in [4.69, 9.17) is 9.26 Å². The summed E-state index contributed by atoms with van der Waals surface area (Å²) in [5.74, 6) is 0.765. The summed E-state index contributed by atoms with van der Waals surface area (Å²) < 4.78 is 13.1. The fraction of sp³-hybridized carbons (Fsp3) is 0.316. The molecule has 0 N–H and O–H groups in total. The molecular formula is C19H20N4O3. The monoisotopic (exact) mass is 352 g/mol. The van der Waals surface area contributed by atoms with Crippen molar-refractivity contribution >= 4 is 5.91 Å². The molecule has 0 radical (unpaired) electrons. The number of aromatic nitrogens is 3. The van der Waals surface area contributed by atoms with E-state index >= 15 is 0 Å². The van der Waals surface area contributed by atoms with E-state index in [1.165, 1.54) is 0 Å². The van der Waals surface area contributed by atoms with Crippen molar-refractivity contribution in [2.45, 2.75) is 25.9 Å². The van der Waals surface area contributed by atoms with Gasteiger partial charge in [0.15, 0.2) is 0 Å². The second-order valence-electron chi connectivity index (χ2n) is 6.38. The van der Waals surface area contributed by atoms with Crippen LogP contribution in [0.5, 0.6) is 5.88 Å². The Morgan fingerprint density at radius 2 is 2.27 bits per heavy atom. The zero-order valence-corrected chi connectivity index (χ0v) is 14.5. The number of hydrogen-bond acceptors (Lipinski definition) is 5. The molecule has 1 atom stereocenters. The van der Waals surface area contributed by atoms with Crippen LogP contribution in [0.1, 0.15) is 34.4 Å². The van der Waals surface area contributed by atoms with Crippen LogP contribution in [-0.2, 0) is 6.54 Å². The third-order valence-corrected chi connectivity index (χ3v) is 4.51. The number of carbonyl (C=O) groups is 1. The Labute approximate surface area is 151 Å². The molecule has 0 saturated heterocycles. The van der Waals surface area contributed by atoms with Gasteiger partial charge >= 0.3 is 0 Å². The quantitative estimate of drug-likeness (QED) is 0.706. The van der Waals surface area contributed by atoms with Crippen LogP contribution in [0.2, 0.25) is 0 Å². The van der Waals surface area contributed by atoms with Gasteiger partial charge in [-0.3, -0.25) is 4.79 Å². The van der Waals surface area contributed by atoms with Crippen molar-refractivity contribution < 1.29 is 14.1 Å². The zero-order valence-electron chi connectivity index (χ0n) is 14.5.